The van der Waals surface area contributed by atoms with Crippen molar-refractivity contribution < 1.29 is 86.3 Å². The highest BCUT2D eigenvalue weighted by atomic mass is 31.3. The summed E-state index contributed by atoms with van der Waals surface area (Å²) in [6, 6.07) is 1.22. The van der Waals surface area contributed by atoms with E-state index in [1.165, 1.54) is 56.7 Å². The molecule has 3 heterocycles. The van der Waals surface area contributed by atoms with Crippen LogP contribution in [-0.2, 0) is 51.0 Å². The van der Waals surface area contributed by atoms with Crippen molar-refractivity contribution in [3.63, 3.8) is 0 Å². The third-order valence-corrected chi connectivity index (χ3v) is 15.0. The van der Waals surface area contributed by atoms with Gasteiger partial charge >= 0.3 is 33.3 Å². The number of nitrogens with zero attached hydrogens (tertiary/aromatic N) is 2. The zero-order chi connectivity index (χ0) is 55.8. The van der Waals surface area contributed by atoms with Crippen molar-refractivity contribution in [2.45, 2.75) is 204 Å². The predicted molar refractivity (Wildman–Crippen MR) is 283 cm³/mol. The number of nitrogen functional groups attached to an aromatic ring is 1. The van der Waals surface area contributed by atoms with Crippen LogP contribution in [0.5, 0.6) is 0 Å². The first-order valence-electron chi connectivity index (χ1n) is 26.7. The van der Waals surface area contributed by atoms with Gasteiger partial charge < -0.3 is 60.0 Å². The molecule has 1 aromatic heterocycles. The quantitative estimate of drug-likeness (QED) is 0.0232. The minimum absolute atomic E-state index is 0.0793. The highest BCUT2D eigenvalue weighted by Gasteiger charge is 2.44. The highest BCUT2D eigenvalue weighted by Crippen LogP contribution is 2.60. The molecule has 24 heteroatoms. The number of anilines is 1. The van der Waals surface area contributed by atoms with E-state index in [0.717, 1.165) is 36.4 Å². The van der Waals surface area contributed by atoms with Crippen molar-refractivity contribution in [2.24, 2.45) is 5.92 Å². The first kappa shape index (κ1) is 66.6. The SMILES string of the molecule is CCCCCCCC/C=C\C/C=C\C/C=C\CCCC(=O)O[C@@H]1COC(=O)CCCC=CC[C@@H]2[C@H](n3ccc(N)nc3=O)O[C@H](COP(=O)(O)OP(=O)(O)OC1)[C@@H](O)[C@@H](O)[C@@H](/C=C/[C@@H](O)CCCCC)OC(O)C[C@@H]2O. The van der Waals surface area contributed by atoms with Crippen molar-refractivity contribution in [1.29, 1.82) is 0 Å². The maximum atomic E-state index is 13.4. The average Bonchev–Trinajstić information content (AvgIpc) is 3.37. The van der Waals surface area contributed by atoms with Crippen LogP contribution in [0.1, 0.15) is 155 Å². The van der Waals surface area contributed by atoms with Crippen LogP contribution in [0.3, 0.4) is 0 Å². The number of nitrogens with two attached hydrogens (primary N) is 1. The Kier molecular flexibility index (Phi) is 32.6. The number of phosphoric ester groups is 2. The molecule has 432 valence electrons. The van der Waals surface area contributed by atoms with Gasteiger partial charge in [0.05, 0.1) is 25.4 Å². The lowest BCUT2D eigenvalue weighted by Gasteiger charge is -2.36. The predicted octanol–water partition coefficient (Wildman–Crippen LogP) is 7.22. The summed E-state index contributed by atoms with van der Waals surface area (Å²) in [5.74, 6) is -2.93. The normalized spacial score (nSPS) is 29.9. The molecule has 12 atom stereocenters. The zero-order valence-corrected chi connectivity index (χ0v) is 45.9. The van der Waals surface area contributed by atoms with E-state index in [1.807, 2.05) is 19.1 Å². The lowest BCUT2D eigenvalue weighted by molar-refractivity contribution is -0.192. The standard InChI is InChI=1S/C52H85N3O19P2/c1-3-5-7-8-9-10-11-12-13-14-15-16-17-18-19-20-26-30-47(59)71-40-36-68-46(58)29-25-22-21-24-28-41-42(57)35-48(60)72-43(32-31-39(56)27-23-6-4-2)49(61)50(62)44(38-70-76(66,67)74-75(64,65)69-37-40)73-51(41)55-34-33-45(53)54-52(55)63/h12-13,15-16,18-19,21,24,31-34,39-44,48-51,56-57,60-62H,3-11,14,17,20,22-23,25-30,35-38H2,1-2H3,(H,64,65)(H,66,67)(H2,53,54,63)/b13-12-,16-15-,19-18-,24-21?,32-31+/t39-,40+,41-,42-,43+,44+,48?,49-,50+,51+/m0/s1. The number of rotatable bonds is 23. The smallest absolute Gasteiger partial charge is 0.462 e. The van der Waals surface area contributed by atoms with E-state index in [2.05, 4.69) is 40.5 Å². The molecule has 3 unspecified atom stereocenters. The van der Waals surface area contributed by atoms with E-state index in [4.69, 9.17) is 33.7 Å². The third-order valence-electron chi connectivity index (χ3n) is 12.4. The number of ether oxygens (including phenoxy) is 4. The molecule has 1 saturated heterocycles. The fourth-order valence-corrected chi connectivity index (χ4v) is 10.2. The van der Waals surface area contributed by atoms with E-state index >= 15 is 0 Å². The second-order valence-corrected chi connectivity index (χ2v) is 21.9. The Hall–Kier alpha value is -3.70. The molecule has 1 fully saturated rings. The molecule has 0 saturated carbocycles. The largest absolute Gasteiger partial charge is 0.481 e. The van der Waals surface area contributed by atoms with E-state index in [0.29, 0.717) is 32.1 Å². The third kappa shape index (κ3) is 27.8. The van der Waals surface area contributed by atoms with Crippen LogP contribution in [-0.4, -0.2) is 126 Å². The molecule has 3 rings (SSSR count). The number of hydrogen-bond donors (Lipinski definition) is 8. The number of unbranched alkanes of at least 4 members (excludes halogenated alkanes) is 9. The van der Waals surface area contributed by atoms with Gasteiger partial charge in [0.1, 0.15) is 43.1 Å². The second kappa shape index (κ2) is 37.2. The summed E-state index contributed by atoms with van der Waals surface area (Å²) in [6.07, 6.45) is 17.1. The lowest BCUT2D eigenvalue weighted by atomic mass is 9.92. The minimum Gasteiger partial charge on any atom is -0.462 e. The van der Waals surface area contributed by atoms with E-state index < -0.39 is 121 Å². The van der Waals surface area contributed by atoms with Gasteiger partial charge in [0.15, 0.2) is 12.4 Å². The number of esters is 2. The Bertz CT molecular complexity index is 2140. The zero-order valence-electron chi connectivity index (χ0n) is 44.1. The Morgan fingerprint density at radius 3 is 2.18 bits per heavy atom. The van der Waals surface area contributed by atoms with Crippen LogP contribution in [0.2, 0.25) is 0 Å². The fraction of sp³-hybridized carbons (Fsp3) is 0.692. The molecule has 2 aliphatic rings. The number of aromatic nitrogens is 2. The summed E-state index contributed by atoms with van der Waals surface area (Å²) in [5, 5.41) is 56.9. The van der Waals surface area contributed by atoms with Crippen molar-refractivity contribution in [1.82, 2.24) is 9.55 Å². The molecule has 76 heavy (non-hydrogen) atoms. The molecule has 0 radical (unpaired) electrons. The molecular formula is C52H85N3O19P2. The van der Waals surface area contributed by atoms with Crippen molar-refractivity contribution in [3.8, 4) is 0 Å². The number of allylic oxidation sites excluding steroid dienone is 8. The van der Waals surface area contributed by atoms with Gasteiger partial charge in [-0.25, -0.2) is 13.9 Å². The van der Waals surface area contributed by atoms with Crippen molar-refractivity contribution >= 4 is 33.4 Å². The van der Waals surface area contributed by atoms with Gasteiger partial charge in [-0.3, -0.25) is 23.2 Å². The maximum absolute atomic E-state index is 13.4. The Labute approximate surface area is 446 Å². The summed E-state index contributed by atoms with van der Waals surface area (Å²) in [5.41, 5.74) is 4.75. The number of carbonyl (C=O) groups is 2. The number of fused-ring (bicyclic) bond motifs is 3. The van der Waals surface area contributed by atoms with Gasteiger partial charge in [0, 0.05) is 31.4 Å². The van der Waals surface area contributed by atoms with Crippen molar-refractivity contribution in [3.05, 3.63) is 83.5 Å². The van der Waals surface area contributed by atoms with Crippen LogP contribution >= 0.6 is 15.6 Å². The molecule has 2 aliphatic heterocycles. The van der Waals surface area contributed by atoms with Gasteiger partial charge in [0.2, 0.25) is 0 Å². The van der Waals surface area contributed by atoms with Gasteiger partial charge in [-0.05, 0) is 70.3 Å². The first-order valence-corrected chi connectivity index (χ1v) is 29.7. The molecule has 0 aromatic carbocycles. The molecule has 1 aromatic rings. The summed E-state index contributed by atoms with van der Waals surface area (Å²) < 4.78 is 64.8. The van der Waals surface area contributed by atoms with Crippen LogP contribution in [0, 0.1) is 5.92 Å². The van der Waals surface area contributed by atoms with Crippen LogP contribution in [0.4, 0.5) is 5.82 Å². The van der Waals surface area contributed by atoms with Crippen LogP contribution < -0.4 is 11.4 Å². The number of hydrogen-bond acceptors (Lipinski definition) is 19. The summed E-state index contributed by atoms with van der Waals surface area (Å²) in [6.45, 7) is 1.36. The molecule has 0 amide bonds. The van der Waals surface area contributed by atoms with Gasteiger partial charge in [-0.15, -0.1) is 0 Å². The monoisotopic (exact) mass is 1120 g/mol. The maximum Gasteiger partial charge on any atom is 0.481 e. The molecule has 9 N–H and O–H groups in total. The molecule has 2 bridgehead atoms. The number of phosphoric acid groups is 2. The summed E-state index contributed by atoms with van der Waals surface area (Å²) in [4.78, 5) is 64.3. The van der Waals surface area contributed by atoms with Crippen LogP contribution in [0.25, 0.3) is 0 Å². The number of cyclic esters (lactones) is 1. The van der Waals surface area contributed by atoms with Gasteiger partial charge in [-0.2, -0.15) is 9.29 Å². The molecular weight excluding hydrogens is 1030 g/mol. The average molecular weight is 1120 g/mol. The second-order valence-electron chi connectivity index (χ2n) is 18.9. The highest BCUT2D eigenvalue weighted by molar-refractivity contribution is 7.61. The lowest BCUT2D eigenvalue weighted by Crippen LogP contribution is -2.49. The van der Waals surface area contributed by atoms with E-state index in [9.17, 15) is 58.8 Å². The molecule has 0 aliphatic carbocycles. The Morgan fingerprint density at radius 2 is 1.49 bits per heavy atom. The number of aliphatic hydroxyl groups is 5. The minimum atomic E-state index is -5.75. The number of carbonyl (C=O) groups excluding carboxylic acids is 2. The first-order chi connectivity index (χ1) is 36.3. The fourth-order valence-electron chi connectivity index (χ4n) is 8.12. The molecule has 0 spiro atoms. The van der Waals surface area contributed by atoms with E-state index in [-0.39, 0.29) is 37.9 Å². The van der Waals surface area contributed by atoms with E-state index in [1.54, 1.807) is 12.2 Å². The topological polar surface area (TPSA) is 335 Å². The van der Waals surface area contributed by atoms with Gasteiger partial charge in [-0.1, -0.05) is 126 Å². The Balaban J connectivity index is 1.81. The summed E-state index contributed by atoms with van der Waals surface area (Å²) >= 11 is 0. The van der Waals surface area contributed by atoms with Gasteiger partial charge in [0.25, 0.3) is 0 Å². The van der Waals surface area contributed by atoms with Crippen molar-refractivity contribution in [2.75, 3.05) is 25.6 Å². The molecule has 22 nitrogen and oxygen atoms in total. The Morgan fingerprint density at radius 1 is 0.842 bits per heavy atom. The van der Waals surface area contributed by atoms with Crippen LogP contribution in [0.15, 0.2) is 77.8 Å². The number of aliphatic hydroxyl groups excluding tert-OH is 5. The summed E-state index contributed by atoms with van der Waals surface area (Å²) in [7, 11) is -11.4.